The van der Waals surface area contributed by atoms with E-state index in [0.717, 1.165) is 54.3 Å². The normalized spacial score (nSPS) is 23.8. The van der Waals surface area contributed by atoms with E-state index in [4.69, 9.17) is 29.3 Å². The fraction of sp³-hybridized carbons (Fsp3) is 0.592. The van der Waals surface area contributed by atoms with Gasteiger partial charge in [0.15, 0.2) is 12.2 Å². The van der Waals surface area contributed by atoms with Gasteiger partial charge in [0, 0.05) is 43.4 Å². The van der Waals surface area contributed by atoms with Gasteiger partial charge in [-0.3, -0.25) is 0 Å². The van der Waals surface area contributed by atoms with Gasteiger partial charge in [-0.2, -0.15) is 26.3 Å². The van der Waals surface area contributed by atoms with Crippen molar-refractivity contribution in [2.45, 2.75) is 114 Å². The first-order valence-corrected chi connectivity index (χ1v) is 27.2. The molecule has 22 heteroatoms. The van der Waals surface area contributed by atoms with E-state index in [-0.39, 0.29) is 12.2 Å². The molecule has 0 radical (unpaired) electrons. The van der Waals surface area contributed by atoms with Crippen molar-refractivity contribution in [1.29, 1.82) is 0 Å². The van der Waals surface area contributed by atoms with Crippen molar-refractivity contribution in [3.8, 4) is 0 Å². The minimum Gasteiger partial charge on any atom is -0.542 e. The van der Waals surface area contributed by atoms with Crippen LogP contribution in [0.25, 0.3) is 0 Å². The molecule has 394 valence electrons. The number of aliphatic carboxylic acids is 2. The Balaban J connectivity index is 0.000000209. The van der Waals surface area contributed by atoms with Gasteiger partial charge in [-0.25, -0.2) is 9.59 Å². The summed E-state index contributed by atoms with van der Waals surface area (Å²) in [6.45, 7) is 15.7. The Morgan fingerprint density at radius 3 is 1.23 bits per heavy atom. The second-order valence-electron chi connectivity index (χ2n) is 19.1. The molecule has 4 bridgehead atoms. The third-order valence-corrected chi connectivity index (χ3v) is 17.6. The van der Waals surface area contributed by atoms with Gasteiger partial charge < -0.3 is 48.5 Å². The number of esters is 2. The van der Waals surface area contributed by atoms with E-state index in [2.05, 4.69) is 20.8 Å². The van der Waals surface area contributed by atoms with Crippen LogP contribution in [0.15, 0.2) is 70.1 Å². The topological polar surface area (TPSA) is 173 Å². The second kappa shape index (κ2) is 24.9. The summed E-state index contributed by atoms with van der Waals surface area (Å²) in [5.41, 5.74) is -3.39. The average molecular weight is 1080 g/mol. The molecule has 2 N–H and O–H groups in total. The van der Waals surface area contributed by atoms with Crippen LogP contribution in [0.4, 0.5) is 26.3 Å². The van der Waals surface area contributed by atoms with E-state index in [1.807, 2.05) is 70.1 Å². The van der Waals surface area contributed by atoms with Crippen LogP contribution in [0.1, 0.15) is 98.1 Å². The first kappa shape index (κ1) is 58.0. The van der Waals surface area contributed by atoms with Crippen LogP contribution < -0.4 is 10.2 Å². The van der Waals surface area contributed by atoms with E-state index < -0.39 is 47.4 Å². The second-order valence-corrected chi connectivity index (χ2v) is 22.9. The highest BCUT2D eigenvalue weighted by molar-refractivity contribution is 7.12. The lowest BCUT2D eigenvalue weighted by Gasteiger charge is -2.53. The van der Waals surface area contributed by atoms with Gasteiger partial charge in [0.05, 0.1) is 58.8 Å². The van der Waals surface area contributed by atoms with Gasteiger partial charge in [-0.15, -0.1) is 45.3 Å². The number of carboxylic acid groups (broad SMARTS) is 2. The molecule has 6 aliphatic heterocycles. The van der Waals surface area contributed by atoms with Crippen LogP contribution in [-0.4, -0.2) is 120 Å². The summed E-state index contributed by atoms with van der Waals surface area (Å²) in [4.78, 5) is 46.7. The van der Waals surface area contributed by atoms with Gasteiger partial charge in [-0.05, 0) is 58.6 Å². The number of quaternary nitrogens is 2. The van der Waals surface area contributed by atoms with Crippen molar-refractivity contribution >= 4 is 69.2 Å². The van der Waals surface area contributed by atoms with Crippen molar-refractivity contribution in [3.05, 3.63) is 89.6 Å². The number of rotatable bonds is 16. The highest BCUT2D eigenvalue weighted by Crippen LogP contribution is 2.43. The Labute approximate surface area is 425 Å². The molecule has 2 atom stereocenters. The molecular formula is C49H62F6N2O10S4. The third-order valence-electron chi connectivity index (χ3n) is 13.7. The third kappa shape index (κ3) is 14.9. The average Bonchev–Trinajstić information content (AvgIpc) is 4.18. The minimum atomic E-state index is -5.19. The van der Waals surface area contributed by atoms with E-state index in [0.29, 0.717) is 37.3 Å². The number of piperidine rings is 6. The summed E-state index contributed by atoms with van der Waals surface area (Å²) >= 11 is 5.59. The molecule has 0 aliphatic carbocycles. The molecule has 4 aromatic heterocycles. The largest absolute Gasteiger partial charge is 0.542 e. The maximum Gasteiger partial charge on any atom is 0.430 e. The maximum atomic E-state index is 13.4. The number of nitrogens with zero attached hydrogens (tertiary/aromatic N) is 2. The molecule has 0 aromatic carbocycles. The van der Waals surface area contributed by atoms with Crippen LogP contribution in [0.2, 0.25) is 0 Å². The van der Waals surface area contributed by atoms with Gasteiger partial charge in [0.1, 0.15) is 25.0 Å². The number of ether oxygens (including phenoxy) is 2. The van der Waals surface area contributed by atoms with Crippen molar-refractivity contribution in [2.24, 2.45) is 17.8 Å². The van der Waals surface area contributed by atoms with Crippen molar-refractivity contribution in [1.82, 2.24) is 0 Å². The first-order chi connectivity index (χ1) is 33.4. The highest BCUT2D eigenvalue weighted by atomic mass is 32.1. The molecule has 4 aromatic rings. The summed E-state index contributed by atoms with van der Waals surface area (Å²) < 4.78 is 77.4. The fourth-order valence-electron chi connectivity index (χ4n) is 10.1. The monoisotopic (exact) mass is 1080 g/mol. The number of carbonyl (C=O) groups excluding carboxylic acids is 4. The molecular weight excluding hydrogens is 1020 g/mol. The summed E-state index contributed by atoms with van der Waals surface area (Å²) in [5.74, 6) is -5.55. The number of fused-ring (bicyclic) bond motifs is 6. The lowest BCUT2D eigenvalue weighted by molar-refractivity contribution is -0.948. The number of halogens is 6. The number of unbranched alkanes of at least 4 members (excludes halogenated alkanes) is 4. The standard InChI is InChI=1S/C24H34NO3S2.C21H28NO3S2.2C2HF3O2/c1-2-3-4-5-6-13-25-14-11-19(12-15-25)20(18-25)28-23(26)24(27,21-9-7-16-29-21)22-10-8-17-30-22;1-15(2)13-22-9-7-16(8-10-22)17(14-22)25-20(23)21(24,18-5-3-11-26-18)19-6-4-12-27-19;2*3-2(4,5)1(6)7/h7-10,16-17,19-20,27H,2-6,11-15,18H2,1H3;3-6,11-12,15-17,24H,7-10,13-14H2,1-2H3;2*(H,6,7)/q2*+1;;/p-2/t19?,20-,25?;16?,17-,22?;;/m00../s1. The van der Waals surface area contributed by atoms with E-state index in [1.54, 1.807) is 0 Å². The Kier molecular flexibility index (Phi) is 20.3. The van der Waals surface area contributed by atoms with E-state index in [1.165, 1.54) is 110 Å². The number of hydrogen-bond donors (Lipinski definition) is 2. The zero-order valence-corrected chi connectivity index (χ0v) is 43.1. The minimum absolute atomic E-state index is 0.0814. The predicted octanol–water partition coefficient (Wildman–Crippen LogP) is 7.62. The Morgan fingerprint density at radius 2 is 0.930 bits per heavy atom. The first-order valence-electron chi connectivity index (χ1n) is 23.7. The molecule has 10 rings (SSSR count). The van der Waals surface area contributed by atoms with Gasteiger partial charge in [0.2, 0.25) is 11.2 Å². The van der Waals surface area contributed by atoms with Gasteiger partial charge >= 0.3 is 24.3 Å². The molecule has 0 saturated carbocycles. The van der Waals surface area contributed by atoms with Crippen LogP contribution in [-0.2, 0) is 39.9 Å². The zero-order chi connectivity index (χ0) is 52.3. The van der Waals surface area contributed by atoms with Gasteiger partial charge in [-0.1, -0.05) is 64.3 Å². The van der Waals surface area contributed by atoms with Crippen LogP contribution in [0, 0.1) is 17.8 Å². The quantitative estimate of drug-likeness (QED) is 0.0492. The summed E-state index contributed by atoms with van der Waals surface area (Å²) in [7, 11) is 0. The summed E-state index contributed by atoms with van der Waals surface area (Å²) in [5, 5.41) is 48.1. The molecule has 0 spiro atoms. The molecule has 71 heavy (non-hydrogen) atoms. The van der Waals surface area contributed by atoms with E-state index in [9.17, 15) is 46.1 Å². The number of aliphatic hydroxyl groups is 2. The number of alkyl halides is 6. The van der Waals surface area contributed by atoms with Crippen molar-refractivity contribution < 1.29 is 84.4 Å². The maximum absolute atomic E-state index is 13.4. The SMILES string of the molecule is CC(C)C[N+]12CCC(CC1)[C@@H](OC(=O)C(O)(c1cccs1)c1cccs1)C2.CCCCCCC[N+]12CCC(CC1)[C@@H](OC(=O)C(O)(c1cccs1)c1cccs1)C2.O=C([O-])C(F)(F)F.O=C([O-])C(F)(F)F. The lowest BCUT2D eigenvalue weighted by Crippen LogP contribution is -2.65. The smallest absolute Gasteiger partial charge is 0.430 e. The number of carboxylic acids is 2. The molecule has 0 amide bonds. The zero-order valence-electron chi connectivity index (χ0n) is 39.8. The Morgan fingerprint density at radius 1 is 0.606 bits per heavy atom. The van der Waals surface area contributed by atoms with Crippen molar-refractivity contribution in [2.75, 3.05) is 52.4 Å². The van der Waals surface area contributed by atoms with Crippen molar-refractivity contribution in [3.63, 3.8) is 0 Å². The summed E-state index contributed by atoms with van der Waals surface area (Å²) in [6.07, 6.45) is 0.412. The number of carbonyl (C=O) groups is 4. The molecule has 0 unspecified atom stereocenters. The number of hydrogen-bond acceptors (Lipinski definition) is 14. The molecule has 10 heterocycles. The fourth-order valence-corrected chi connectivity index (χ4v) is 13.6. The van der Waals surface area contributed by atoms with Crippen LogP contribution in [0.3, 0.4) is 0 Å². The van der Waals surface area contributed by atoms with Gasteiger partial charge in [0.25, 0.3) is 0 Å². The molecule has 12 nitrogen and oxygen atoms in total. The van der Waals surface area contributed by atoms with Crippen LogP contribution >= 0.6 is 45.3 Å². The molecule has 6 aliphatic rings. The predicted molar refractivity (Wildman–Crippen MR) is 254 cm³/mol. The lowest BCUT2D eigenvalue weighted by atomic mass is 9.82. The number of thiophene rings is 4. The Bertz CT molecular complexity index is 2160. The molecule has 6 fully saturated rings. The molecule has 6 saturated heterocycles. The van der Waals surface area contributed by atoms with E-state index >= 15 is 0 Å². The Hall–Kier alpha value is -3.90. The van der Waals surface area contributed by atoms with Crippen LogP contribution in [0.5, 0.6) is 0 Å². The highest BCUT2D eigenvalue weighted by Gasteiger charge is 2.53. The summed E-state index contributed by atoms with van der Waals surface area (Å²) in [6, 6.07) is 14.8.